The Balaban J connectivity index is 1.83. The van der Waals surface area contributed by atoms with Crippen molar-refractivity contribution >= 4 is 0 Å². The van der Waals surface area contributed by atoms with E-state index in [1.165, 1.54) is 12.8 Å². The van der Waals surface area contributed by atoms with Gasteiger partial charge in [0.25, 0.3) is 0 Å². The quantitative estimate of drug-likeness (QED) is 0.659. The van der Waals surface area contributed by atoms with Crippen LogP contribution in [0.5, 0.6) is 0 Å². The molecule has 2 heterocycles. The molecule has 0 spiro atoms. The van der Waals surface area contributed by atoms with E-state index in [4.69, 9.17) is 5.84 Å². The highest BCUT2D eigenvalue weighted by molar-refractivity contribution is 5.27. The van der Waals surface area contributed by atoms with Crippen molar-refractivity contribution in [2.75, 3.05) is 7.05 Å². The van der Waals surface area contributed by atoms with Crippen molar-refractivity contribution in [2.45, 2.75) is 50.7 Å². The number of fused-ring (bicyclic) bond motifs is 2. The summed E-state index contributed by atoms with van der Waals surface area (Å²) in [4.78, 5) is 2.51. The molecule has 20 heavy (non-hydrogen) atoms. The molecule has 2 aliphatic rings. The monoisotopic (exact) mass is 277 g/mol. The summed E-state index contributed by atoms with van der Waals surface area (Å²) in [7, 11) is 2.23. The normalized spacial score (nSPS) is 31.5. The number of nitrogens with one attached hydrogen (secondary N) is 1. The Labute approximate surface area is 120 Å². The van der Waals surface area contributed by atoms with Gasteiger partial charge < -0.3 is 4.90 Å². The maximum atomic E-state index is 13.6. The van der Waals surface area contributed by atoms with Gasteiger partial charge in [0.1, 0.15) is 5.82 Å². The molecular formula is C16H24FN3. The molecule has 2 saturated heterocycles. The molecule has 0 radical (unpaired) electrons. The first kappa shape index (κ1) is 14.0. The summed E-state index contributed by atoms with van der Waals surface area (Å²) in [5.74, 6) is 6.12. The predicted octanol–water partition coefficient (Wildman–Crippen LogP) is 2.51. The minimum atomic E-state index is -0.170. The van der Waals surface area contributed by atoms with Gasteiger partial charge in [-0.1, -0.05) is 6.07 Å². The average molecular weight is 277 g/mol. The highest BCUT2D eigenvalue weighted by Gasteiger charge is 2.41. The maximum Gasteiger partial charge on any atom is 0.123 e. The van der Waals surface area contributed by atoms with Gasteiger partial charge >= 0.3 is 0 Å². The minimum Gasteiger partial charge on any atom is -0.300 e. The van der Waals surface area contributed by atoms with Crippen LogP contribution in [0.15, 0.2) is 18.2 Å². The van der Waals surface area contributed by atoms with Crippen LogP contribution in [0.3, 0.4) is 0 Å². The second-order valence-electron chi connectivity index (χ2n) is 6.49. The smallest absolute Gasteiger partial charge is 0.123 e. The van der Waals surface area contributed by atoms with Crippen LogP contribution in [0, 0.1) is 18.7 Å². The van der Waals surface area contributed by atoms with Gasteiger partial charge in [-0.2, -0.15) is 0 Å². The number of halogens is 1. The van der Waals surface area contributed by atoms with Gasteiger partial charge in [-0.3, -0.25) is 11.3 Å². The number of hydrazine groups is 1. The molecule has 2 aliphatic heterocycles. The summed E-state index contributed by atoms with van der Waals surface area (Å²) in [6.07, 6.45) is 4.88. The molecule has 1 aromatic carbocycles. The Bertz CT molecular complexity index is 456. The molecular weight excluding hydrogens is 253 g/mol. The van der Waals surface area contributed by atoms with Crippen molar-refractivity contribution in [1.29, 1.82) is 0 Å². The number of nitrogens with zero attached hydrogens (tertiary/aromatic N) is 1. The number of aryl methyl sites for hydroxylation is 1. The summed E-state index contributed by atoms with van der Waals surface area (Å²) in [6.45, 7) is 1.93. The number of rotatable bonds is 3. The van der Waals surface area contributed by atoms with Gasteiger partial charge in [0.05, 0.1) is 0 Å². The molecule has 3 unspecified atom stereocenters. The van der Waals surface area contributed by atoms with E-state index in [1.54, 1.807) is 12.1 Å². The van der Waals surface area contributed by atoms with Gasteiger partial charge in [-0.15, -0.1) is 0 Å². The van der Waals surface area contributed by atoms with E-state index < -0.39 is 0 Å². The third-order valence-corrected chi connectivity index (χ3v) is 5.21. The van der Waals surface area contributed by atoms with Crippen LogP contribution in [0.25, 0.3) is 0 Å². The fourth-order valence-corrected chi connectivity index (χ4v) is 4.17. The number of hydrogen-bond donors (Lipinski definition) is 2. The molecule has 0 aliphatic carbocycles. The van der Waals surface area contributed by atoms with E-state index >= 15 is 0 Å². The Hall–Kier alpha value is -0.970. The molecule has 3 rings (SSSR count). The zero-order valence-electron chi connectivity index (χ0n) is 12.3. The van der Waals surface area contributed by atoms with Gasteiger partial charge in [-0.25, -0.2) is 4.39 Å². The standard InChI is InChI=1S/C16H24FN3/c1-10-5-11(7-13(17)6-10)16(19-18)12-8-14-3-4-15(9-12)20(14)2/h5-7,12,14-16,19H,3-4,8-9,18H2,1-2H3. The van der Waals surface area contributed by atoms with E-state index in [2.05, 4.69) is 17.4 Å². The molecule has 1 aromatic rings. The summed E-state index contributed by atoms with van der Waals surface area (Å²) in [5.41, 5.74) is 4.88. The molecule has 0 amide bonds. The van der Waals surface area contributed by atoms with Crippen LogP contribution in [-0.2, 0) is 0 Å². The first-order valence-electron chi connectivity index (χ1n) is 7.53. The fourth-order valence-electron chi connectivity index (χ4n) is 4.17. The number of benzene rings is 1. The molecule has 0 aromatic heterocycles. The molecule has 2 bridgehead atoms. The SMILES string of the molecule is Cc1cc(F)cc(C(NN)C2CC3CCC(C2)N3C)c1. The van der Waals surface area contributed by atoms with E-state index in [9.17, 15) is 4.39 Å². The molecule has 3 nitrogen and oxygen atoms in total. The van der Waals surface area contributed by atoms with Crippen LogP contribution in [0.2, 0.25) is 0 Å². The topological polar surface area (TPSA) is 41.3 Å². The number of hydrogen-bond acceptors (Lipinski definition) is 3. The third-order valence-electron chi connectivity index (χ3n) is 5.21. The summed E-state index contributed by atoms with van der Waals surface area (Å²) in [5, 5.41) is 0. The lowest BCUT2D eigenvalue weighted by atomic mass is 9.82. The third kappa shape index (κ3) is 2.48. The number of nitrogens with two attached hydrogens (primary N) is 1. The largest absolute Gasteiger partial charge is 0.300 e. The Morgan fingerprint density at radius 2 is 1.90 bits per heavy atom. The lowest BCUT2D eigenvalue weighted by Crippen LogP contribution is -2.45. The van der Waals surface area contributed by atoms with Crippen LogP contribution in [-0.4, -0.2) is 24.0 Å². The molecule has 3 N–H and O–H groups in total. The molecule has 4 heteroatoms. The fraction of sp³-hybridized carbons (Fsp3) is 0.625. The lowest BCUT2D eigenvalue weighted by molar-refractivity contribution is 0.112. The zero-order chi connectivity index (χ0) is 14.3. The van der Waals surface area contributed by atoms with Crippen molar-refractivity contribution < 1.29 is 4.39 Å². The van der Waals surface area contributed by atoms with Crippen molar-refractivity contribution in [2.24, 2.45) is 11.8 Å². The van der Waals surface area contributed by atoms with E-state index in [1.807, 2.05) is 13.0 Å². The van der Waals surface area contributed by atoms with E-state index in [0.717, 1.165) is 24.0 Å². The van der Waals surface area contributed by atoms with Gasteiger partial charge in [0, 0.05) is 18.1 Å². The van der Waals surface area contributed by atoms with Crippen molar-refractivity contribution in [3.63, 3.8) is 0 Å². The average Bonchev–Trinajstić information content (AvgIpc) is 2.62. The molecule has 2 fully saturated rings. The Morgan fingerprint density at radius 3 is 2.45 bits per heavy atom. The Kier molecular flexibility index (Phi) is 3.80. The van der Waals surface area contributed by atoms with E-state index in [0.29, 0.717) is 18.0 Å². The molecule has 3 atom stereocenters. The van der Waals surface area contributed by atoms with Gasteiger partial charge in [-0.05, 0) is 68.8 Å². The predicted molar refractivity (Wildman–Crippen MR) is 78.5 cm³/mol. The zero-order valence-corrected chi connectivity index (χ0v) is 12.3. The van der Waals surface area contributed by atoms with Crippen LogP contribution in [0.1, 0.15) is 42.9 Å². The van der Waals surface area contributed by atoms with Crippen LogP contribution in [0.4, 0.5) is 4.39 Å². The molecule has 110 valence electrons. The lowest BCUT2D eigenvalue weighted by Gasteiger charge is -2.39. The first-order valence-corrected chi connectivity index (χ1v) is 7.53. The highest BCUT2D eigenvalue weighted by Crippen LogP contribution is 2.42. The first-order chi connectivity index (χ1) is 9.58. The van der Waals surface area contributed by atoms with Gasteiger partial charge in [0.2, 0.25) is 0 Å². The van der Waals surface area contributed by atoms with Crippen molar-refractivity contribution in [3.05, 3.63) is 35.1 Å². The van der Waals surface area contributed by atoms with Gasteiger partial charge in [0.15, 0.2) is 0 Å². The molecule has 0 saturated carbocycles. The minimum absolute atomic E-state index is 0.0567. The summed E-state index contributed by atoms with van der Waals surface area (Å²) < 4.78 is 13.6. The van der Waals surface area contributed by atoms with Crippen molar-refractivity contribution in [1.82, 2.24) is 10.3 Å². The highest BCUT2D eigenvalue weighted by atomic mass is 19.1. The van der Waals surface area contributed by atoms with Crippen molar-refractivity contribution in [3.8, 4) is 0 Å². The summed E-state index contributed by atoms with van der Waals surface area (Å²) in [6, 6.07) is 6.63. The Morgan fingerprint density at radius 1 is 1.25 bits per heavy atom. The van der Waals surface area contributed by atoms with Crippen LogP contribution < -0.4 is 11.3 Å². The maximum absolute atomic E-state index is 13.6. The second kappa shape index (κ2) is 5.43. The van der Waals surface area contributed by atoms with E-state index in [-0.39, 0.29) is 11.9 Å². The number of piperidine rings is 1. The summed E-state index contributed by atoms with van der Waals surface area (Å²) >= 11 is 0. The van der Waals surface area contributed by atoms with Crippen LogP contribution >= 0.6 is 0 Å². The second-order valence-corrected chi connectivity index (χ2v) is 6.49.